The van der Waals surface area contributed by atoms with Crippen LogP contribution in [-0.2, 0) is 16.0 Å². The van der Waals surface area contributed by atoms with E-state index in [0.29, 0.717) is 11.5 Å². The van der Waals surface area contributed by atoms with Gasteiger partial charge in [0.25, 0.3) is 0 Å². The zero-order chi connectivity index (χ0) is 22.0. The van der Waals surface area contributed by atoms with Crippen LogP contribution in [-0.4, -0.2) is 24.3 Å². The van der Waals surface area contributed by atoms with Crippen LogP contribution in [0, 0.1) is 11.3 Å². The van der Waals surface area contributed by atoms with Gasteiger partial charge in [-0.3, -0.25) is 0 Å². The van der Waals surface area contributed by atoms with E-state index >= 15 is 0 Å². The minimum Gasteiger partial charge on any atom is -0.462 e. The van der Waals surface area contributed by atoms with E-state index < -0.39 is 5.41 Å². The minimum absolute atomic E-state index is 0.00392. The maximum atomic E-state index is 11.7. The van der Waals surface area contributed by atoms with E-state index in [2.05, 4.69) is 37.8 Å². The van der Waals surface area contributed by atoms with Crippen LogP contribution in [0.25, 0.3) is 0 Å². The predicted octanol–water partition coefficient (Wildman–Crippen LogP) is 6.59. The summed E-state index contributed by atoms with van der Waals surface area (Å²) in [6, 6.07) is 9.07. The van der Waals surface area contributed by atoms with Crippen LogP contribution in [0.1, 0.15) is 95.6 Å². The summed E-state index contributed by atoms with van der Waals surface area (Å²) in [5.41, 5.74) is 2.71. The Labute approximate surface area is 183 Å². The van der Waals surface area contributed by atoms with Gasteiger partial charge in [0.05, 0.1) is 13.2 Å². The number of unbranched alkanes of at least 4 members (excludes halogenated alkanes) is 2. The monoisotopic (exact) mass is 414 g/mol. The van der Waals surface area contributed by atoms with Crippen LogP contribution < -0.4 is 0 Å². The fourth-order valence-electron chi connectivity index (χ4n) is 4.43. The molecule has 30 heavy (non-hydrogen) atoms. The number of rotatable bonds is 12. The SMILES string of the molecule is C=C(C)C(=O)OCC(C)(CO)CCc1ccc(C2CCC(CCCCC)CC2)cc1. The molecule has 1 fully saturated rings. The Morgan fingerprint density at radius 1 is 1.17 bits per heavy atom. The van der Waals surface area contributed by atoms with E-state index in [9.17, 15) is 9.90 Å². The van der Waals surface area contributed by atoms with Crippen LogP contribution in [0.15, 0.2) is 36.4 Å². The lowest BCUT2D eigenvalue weighted by Gasteiger charge is -2.29. The van der Waals surface area contributed by atoms with Gasteiger partial charge < -0.3 is 9.84 Å². The van der Waals surface area contributed by atoms with Gasteiger partial charge in [0.15, 0.2) is 0 Å². The molecule has 0 bridgehead atoms. The molecule has 0 spiro atoms. The summed E-state index contributed by atoms with van der Waals surface area (Å²) >= 11 is 0. The molecule has 0 amide bonds. The first-order chi connectivity index (χ1) is 14.4. The number of ether oxygens (including phenoxy) is 1. The summed E-state index contributed by atoms with van der Waals surface area (Å²) in [6.07, 6.45) is 12.6. The summed E-state index contributed by atoms with van der Waals surface area (Å²) < 4.78 is 5.29. The number of benzene rings is 1. The Hall–Kier alpha value is -1.61. The molecule has 3 heteroatoms. The highest BCUT2D eigenvalue weighted by molar-refractivity contribution is 5.86. The predicted molar refractivity (Wildman–Crippen MR) is 125 cm³/mol. The molecule has 0 heterocycles. The highest BCUT2D eigenvalue weighted by atomic mass is 16.5. The first-order valence-electron chi connectivity index (χ1n) is 11.9. The highest BCUT2D eigenvalue weighted by Crippen LogP contribution is 2.38. The van der Waals surface area contributed by atoms with Gasteiger partial charge in [-0.15, -0.1) is 0 Å². The van der Waals surface area contributed by atoms with E-state index in [-0.39, 0.29) is 19.2 Å². The van der Waals surface area contributed by atoms with E-state index in [0.717, 1.165) is 18.8 Å². The van der Waals surface area contributed by atoms with Crippen molar-refractivity contribution in [2.45, 2.75) is 90.9 Å². The van der Waals surface area contributed by atoms with Crippen molar-refractivity contribution in [3.8, 4) is 0 Å². The third-order valence-electron chi connectivity index (χ3n) is 6.81. The van der Waals surface area contributed by atoms with Gasteiger partial charge in [-0.2, -0.15) is 0 Å². The minimum atomic E-state index is -0.431. The third-order valence-corrected chi connectivity index (χ3v) is 6.81. The quantitative estimate of drug-likeness (QED) is 0.238. The molecule has 1 unspecified atom stereocenters. The summed E-state index contributed by atoms with van der Waals surface area (Å²) in [5.74, 6) is 1.27. The van der Waals surface area contributed by atoms with Crippen molar-refractivity contribution >= 4 is 5.97 Å². The third kappa shape index (κ3) is 7.91. The van der Waals surface area contributed by atoms with Gasteiger partial charge in [-0.25, -0.2) is 4.79 Å². The summed E-state index contributed by atoms with van der Waals surface area (Å²) in [4.78, 5) is 11.7. The van der Waals surface area contributed by atoms with Crippen LogP contribution >= 0.6 is 0 Å². The second-order valence-electron chi connectivity index (χ2n) is 9.78. The van der Waals surface area contributed by atoms with Crippen LogP contribution in [0.3, 0.4) is 0 Å². The number of hydrogen-bond donors (Lipinski definition) is 1. The van der Waals surface area contributed by atoms with Crippen molar-refractivity contribution < 1.29 is 14.6 Å². The average molecular weight is 415 g/mol. The van der Waals surface area contributed by atoms with Gasteiger partial charge in [0.2, 0.25) is 0 Å². The van der Waals surface area contributed by atoms with Crippen LogP contribution in [0.4, 0.5) is 0 Å². The Bertz CT molecular complexity index is 655. The van der Waals surface area contributed by atoms with E-state index in [1.807, 2.05) is 6.92 Å². The molecule has 0 radical (unpaired) electrons. The number of aliphatic hydroxyl groups is 1. The molecule has 3 nitrogen and oxygen atoms in total. The Balaban J connectivity index is 1.80. The number of carbonyl (C=O) groups excluding carboxylic acids is 1. The number of carbonyl (C=O) groups is 1. The standard InChI is InChI=1S/C27H42O3/c1-5-6-7-8-22-9-13-24(14-10-22)25-15-11-23(12-16-25)17-18-27(4,19-28)20-30-26(29)21(2)3/h11-12,15-16,22,24,28H,2,5-10,13-14,17-20H2,1,3-4H3. The van der Waals surface area contributed by atoms with Crippen molar-refractivity contribution in [3.05, 3.63) is 47.5 Å². The molecule has 2 rings (SSSR count). The van der Waals surface area contributed by atoms with Gasteiger partial charge in [-0.05, 0) is 68.4 Å². The van der Waals surface area contributed by atoms with E-state index in [1.54, 1.807) is 6.92 Å². The zero-order valence-electron chi connectivity index (χ0n) is 19.4. The Morgan fingerprint density at radius 2 is 1.83 bits per heavy atom. The molecule has 0 saturated heterocycles. The molecule has 1 atom stereocenters. The van der Waals surface area contributed by atoms with Gasteiger partial charge in [0, 0.05) is 11.0 Å². The molecule has 1 saturated carbocycles. The summed E-state index contributed by atoms with van der Waals surface area (Å²) in [6.45, 7) is 9.70. The molecule has 0 aromatic heterocycles. The second kappa shape index (κ2) is 12.3. The summed E-state index contributed by atoms with van der Waals surface area (Å²) in [5, 5.41) is 9.80. The number of aryl methyl sites for hydroxylation is 1. The van der Waals surface area contributed by atoms with Crippen molar-refractivity contribution in [2.75, 3.05) is 13.2 Å². The largest absolute Gasteiger partial charge is 0.462 e. The molecule has 1 aromatic rings. The number of esters is 1. The van der Waals surface area contributed by atoms with E-state index in [1.165, 1.54) is 62.5 Å². The summed E-state index contributed by atoms with van der Waals surface area (Å²) in [7, 11) is 0. The highest BCUT2D eigenvalue weighted by Gasteiger charge is 2.26. The van der Waals surface area contributed by atoms with Gasteiger partial charge in [-0.1, -0.05) is 70.4 Å². The lowest BCUT2D eigenvalue weighted by molar-refractivity contribution is -0.143. The maximum Gasteiger partial charge on any atom is 0.333 e. The molecule has 1 aliphatic carbocycles. The lowest BCUT2D eigenvalue weighted by Crippen LogP contribution is -2.30. The van der Waals surface area contributed by atoms with Gasteiger partial charge >= 0.3 is 5.97 Å². The Morgan fingerprint density at radius 3 is 2.40 bits per heavy atom. The fourth-order valence-corrected chi connectivity index (χ4v) is 4.43. The maximum absolute atomic E-state index is 11.7. The van der Waals surface area contributed by atoms with Crippen molar-refractivity contribution in [2.24, 2.45) is 11.3 Å². The average Bonchev–Trinajstić information content (AvgIpc) is 2.77. The second-order valence-corrected chi connectivity index (χ2v) is 9.78. The molecule has 1 N–H and O–H groups in total. The fraction of sp³-hybridized carbons (Fsp3) is 0.667. The van der Waals surface area contributed by atoms with Crippen LogP contribution in [0.5, 0.6) is 0 Å². The molecule has 168 valence electrons. The number of hydrogen-bond acceptors (Lipinski definition) is 3. The van der Waals surface area contributed by atoms with Crippen molar-refractivity contribution in [3.63, 3.8) is 0 Å². The molecule has 1 aliphatic rings. The van der Waals surface area contributed by atoms with Crippen molar-refractivity contribution in [1.82, 2.24) is 0 Å². The number of aliphatic hydroxyl groups excluding tert-OH is 1. The Kier molecular flexibility index (Phi) is 10.1. The lowest BCUT2D eigenvalue weighted by atomic mass is 9.77. The van der Waals surface area contributed by atoms with Gasteiger partial charge in [0.1, 0.15) is 0 Å². The van der Waals surface area contributed by atoms with Crippen LogP contribution in [0.2, 0.25) is 0 Å². The first-order valence-corrected chi connectivity index (χ1v) is 11.9. The molecule has 1 aromatic carbocycles. The zero-order valence-corrected chi connectivity index (χ0v) is 19.4. The normalized spacial score (nSPS) is 21.1. The molecular weight excluding hydrogens is 372 g/mol. The molecular formula is C27H42O3. The first kappa shape index (κ1) is 24.7. The van der Waals surface area contributed by atoms with Crippen molar-refractivity contribution in [1.29, 1.82) is 0 Å². The topological polar surface area (TPSA) is 46.5 Å². The van der Waals surface area contributed by atoms with E-state index in [4.69, 9.17) is 4.74 Å². The molecule has 0 aliphatic heterocycles. The smallest absolute Gasteiger partial charge is 0.333 e.